The van der Waals surface area contributed by atoms with Gasteiger partial charge in [-0.05, 0) is 31.9 Å². The fourth-order valence-electron chi connectivity index (χ4n) is 4.71. The number of aromatic nitrogens is 2. The Hall–Kier alpha value is -2.49. The second-order valence-corrected chi connectivity index (χ2v) is 8.61. The van der Waals surface area contributed by atoms with E-state index >= 15 is 0 Å². The van der Waals surface area contributed by atoms with Crippen LogP contribution in [0, 0.1) is 0 Å². The maximum atomic E-state index is 12.8. The minimum atomic E-state index is -1.29. The van der Waals surface area contributed by atoms with Crippen LogP contribution in [-0.2, 0) is 9.53 Å². The second kappa shape index (κ2) is 7.64. The molecule has 1 aromatic heterocycles. The minimum absolute atomic E-state index is 0.0366. The van der Waals surface area contributed by atoms with E-state index < -0.39 is 28.5 Å². The zero-order chi connectivity index (χ0) is 21.5. The summed E-state index contributed by atoms with van der Waals surface area (Å²) in [6, 6.07) is 6.31. The lowest BCUT2D eigenvalue weighted by Gasteiger charge is -2.51. The highest BCUT2D eigenvalue weighted by atomic mass is 16.5. The smallest absolute Gasteiger partial charge is 0.329 e. The van der Waals surface area contributed by atoms with E-state index in [4.69, 9.17) is 10.5 Å². The molecule has 1 spiro atoms. The first-order valence-corrected chi connectivity index (χ1v) is 10.3. The lowest BCUT2D eigenvalue weighted by Crippen LogP contribution is -2.59. The van der Waals surface area contributed by atoms with E-state index in [-0.39, 0.29) is 12.5 Å². The molecule has 3 heterocycles. The van der Waals surface area contributed by atoms with E-state index in [9.17, 15) is 19.5 Å². The summed E-state index contributed by atoms with van der Waals surface area (Å²) in [6.45, 7) is 3.14. The maximum absolute atomic E-state index is 12.8. The number of piperidine rings is 1. The number of carbonyl (C=O) groups excluding carboxylic acids is 1. The van der Waals surface area contributed by atoms with Crippen LogP contribution in [0.5, 0.6) is 0 Å². The number of nitrogens with one attached hydrogen (secondary N) is 1. The van der Waals surface area contributed by atoms with Crippen LogP contribution in [-0.4, -0.2) is 62.9 Å². The summed E-state index contributed by atoms with van der Waals surface area (Å²) in [4.78, 5) is 41.4. The Balaban J connectivity index is 1.68. The van der Waals surface area contributed by atoms with Crippen LogP contribution < -0.4 is 17.0 Å². The predicted octanol–water partition coefficient (Wildman–Crippen LogP) is 0.112. The van der Waals surface area contributed by atoms with Crippen LogP contribution in [0.3, 0.4) is 0 Å². The van der Waals surface area contributed by atoms with Gasteiger partial charge in [0, 0.05) is 32.5 Å². The van der Waals surface area contributed by atoms with Crippen molar-refractivity contribution in [3.05, 3.63) is 45.1 Å². The summed E-state index contributed by atoms with van der Waals surface area (Å²) in [5.41, 5.74) is 3.17. The first-order chi connectivity index (χ1) is 14.3. The number of rotatable bonds is 3. The van der Waals surface area contributed by atoms with Gasteiger partial charge in [0.2, 0.25) is 5.91 Å². The molecule has 1 amide bonds. The maximum Gasteiger partial charge on any atom is 0.329 e. The highest BCUT2D eigenvalue weighted by Crippen LogP contribution is 2.44. The van der Waals surface area contributed by atoms with Crippen molar-refractivity contribution in [3.8, 4) is 0 Å². The molecule has 9 nitrogen and oxygen atoms in total. The van der Waals surface area contributed by atoms with Crippen molar-refractivity contribution in [3.63, 3.8) is 0 Å². The Kier molecular flexibility index (Phi) is 5.29. The molecule has 0 radical (unpaired) electrons. The Labute approximate surface area is 173 Å². The van der Waals surface area contributed by atoms with Crippen molar-refractivity contribution in [2.24, 2.45) is 5.73 Å². The monoisotopic (exact) mass is 416 g/mol. The number of H-pyrrole nitrogens is 1. The van der Waals surface area contributed by atoms with Gasteiger partial charge in [0.1, 0.15) is 5.60 Å². The molecule has 9 heteroatoms. The standard InChI is InChI=1S/C21H28N4O5/c1-20(29)13-30-21(7-10-24(11-8-21)17(26)6-9-22)12-16(20)25-15-5-3-2-4-14(15)18(27)23-19(25)28/h2-5,16,29H,6-13,22H2,1H3,(H,23,27,28)/t16-,20-/m0/s1. The number of carbonyl (C=O) groups is 1. The number of aromatic amines is 1. The van der Waals surface area contributed by atoms with Gasteiger partial charge in [-0.1, -0.05) is 12.1 Å². The molecule has 2 aromatic rings. The lowest BCUT2D eigenvalue weighted by molar-refractivity contribution is -0.201. The average molecular weight is 416 g/mol. The van der Waals surface area contributed by atoms with Crippen molar-refractivity contribution in [2.75, 3.05) is 26.2 Å². The molecule has 4 N–H and O–H groups in total. The molecule has 0 bridgehead atoms. The number of likely N-dealkylation sites (tertiary alicyclic amines) is 1. The second-order valence-electron chi connectivity index (χ2n) is 8.61. The summed E-state index contributed by atoms with van der Waals surface area (Å²) in [5.74, 6) is 0.0366. The van der Waals surface area contributed by atoms with Crippen molar-refractivity contribution < 1.29 is 14.6 Å². The summed E-state index contributed by atoms with van der Waals surface area (Å²) in [6.07, 6.45) is 1.97. The molecule has 2 fully saturated rings. The highest BCUT2D eigenvalue weighted by Gasteiger charge is 2.50. The first kappa shape index (κ1) is 20.8. The van der Waals surface area contributed by atoms with Gasteiger partial charge in [-0.2, -0.15) is 0 Å². The zero-order valence-corrected chi connectivity index (χ0v) is 17.1. The summed E-state index contributed by atoms with van der Waals surface area (Å²) in [7, 11) is 0. The third-order valence-corrected chi connectivity index (χ3v) is 6.50. The fraction of sp³-hybridized carbons (Fsp3) is 0.571. The summed E-state index contributed by atoms with van der Waals surface area (Å²) >= 11 is 0. The molecule has 2 aliphatic rings. The Morgan fingerprint density at radius 1 is 1.30 bits per heavy atom. The number of nitrogens with two attached hydrogens (primary N) is 1. The molecule has 4 rings (SSSR count). The fourth-order valence-corrected chi connectivity index (χ4v) is 4.71. The Bertz CT molecular complexity index is 1060. The molecular formula is C21H28N4O5. The third kappa shape index (κ3) is 3.57. The van der Waals surface area contributed by atoms with Crippen LogP contribution >= 0.6 is 0 Å². The molecule has 2 saturated heterocycles. The molecule has 2 aliphatic heterocycles. The molecule has 2 atom stereocenters. The number of amides is 1. The zero-order valence-electron chi connectivity index (χ0n) is 17.1. The van der Waals surface area contributed by atoms with Crippen LogP contribution in [0.2, 0.25) is 0 Å². The molecule has 162 valence electrons. The molecule has 1 aromatic carbocycles. The van der Waals surface area contributed by atoms with Crippen LogP contribution in [0.1, 0.15) is 38.6 Å². The van der Waals surface area contributed by atoms with Gasteiger partial charge >= 0.3 is 5.69 Å². The van der Waals surface area contributed by atoms with Crippen molar-refractivity contribution in [1.82, 2.24) is 14.5 Å². The Morgan fingerprint density at radius 2 is 2.00 bits per heavy atom. The average Bonchev–Trinajstić information content (AvgIpc) is 2.72. The minimum Gasteiger partial charge on any atom is -0.386 e. The largest absolute Gasteiger partial charge is 0.386 e. The lowest BCUT2D eigenvalue weighted by atomic mass is 9.77. The van der Waals surface area contributed by atoms with Crippen molar-refractivity contribution in [2.45, 2.75) is 49.9 Å². The van der Waals surface area contributed by atoms with Gasteiger partial charge < -0.3 is 20.5 Å². The van der Waals surface area contributed by atoms with Crippen molar-refractivity contribution >= 4 is 16.8 Å². The number of ether oxygens (including phenoxy) is 1. The molecule has 0 unspecified atom stereocenters. The summed E-state index contributed by atoms with van der Waals surface area (Å²) < 4.78 is 7.63. The molecule has 30 heavy (non-hydrogen) atoms. The normalized spacial score (nSPS) is 26.2. The van der Waals surface area contributed by atoms with Gasteiger partial charge in [0.25, 0.3) is 5.56 Å². The van der Waals surface area contributed by atoms with Crippen LogP contribution in [0.25, 0.3) is 10.9 Å². The van der Waals surface area contributed by atoms with Gasteiger partial charge in [0.15, 0.2) is 0 Å². The van der Waals surface area contributed by atoms with E-state index in [2.05, 4.69) is 4.98 Å². The van der Waals surface area contributed by atoms with E-state index in [0.29, 0.717) is 56.2 Å². The van der Waals surface area contributed by atoms with Gasteiger partial charge in [0.05, 0.1) is 29.2 Å². The van der Waals surface area contributed by atoms with E-state index in [1.165, 1.54) is 4.57 Å². The van der Waals surface area contributed by atoms with E-state index in [1.807, 2.05) is 0 Å². The van der Waals surface area contributed by atoms with E-state index in [1.54, 1.807) is 36.1 Å². The van der Waals surface area contributed by atoms with Gasteiger partial charge in [-0.25, -0.2) is 4.79 Å². The third-order valence-electron chi connectivity index (χ3n) is 6.50. The highest BCUT2D eigenvalue weighted by molar-refractivity contribution is 5.78. The molecular weight excluding hydrogens is 388 g/mol. The number of para-hydroxylation sites is 1. The molecule has 0 saturated carbocycles. The number of aliphatic hydroxyl groups is 1. The topological polar surface area (TPSA) is 131 Å². The van der Waals surface area contributed by atoms with Gasteiger partial charge in [-0.15, -0.1) is 0 Å². The Morgan fingerprint density at radius 3 is 2.70 bits per heavy atom. The van der Waals surface area contributed by atoms with Crippen molar-refractivity contribution in [1.29, 1.82) is 0 Å². The van der Waals surface area contributed by atoms with Gasteiger partial charge in [-0.3, -0.25) is 19.1 Å². The first-order valence-electron chi connectivity index (χ1n) is 10.3. The quantitative estimate of drug-likeness (QED) is 0.651. The molecule has 0 aliphatic carbocycles. The number of nitrogens with zero attached hydrogens (tertiary/aromatic N) is 2. The number of hydrogen-bond donors (Lipinski definition) is 3. The SMILES string of the molecule is C[C@]1(O)COC2(CCN(C(=O)CCN)CC2)C[C@@H]1n1c(=O)[nH]c(=O)c2ccccc21. The number of hydrogen-bond acceptors (Lipinski definition) is 6. The summed E-state index contributed by atoms with van der Waals surface area (Å²) in [5, 5.41) is 11.5. The number of fused-ring (bicyclic) bond motifs is 1. The van der Waals surface area contributed by atoms with Crippen LogP contribution in [0.15, 0.2) is 33.9 Å². The van der Waals surface area contributed by atoms with E-state index in [0.717, 1.165) is 0 Å². The van der Waals surface area contributed by atoms with Crippen LogP contribution in [0.4, 0.5) is 0 Å². The predicted molar refractivity (Wildman–Crippen MR) is 111 cm³/mol. The number of benzene rings is 1.